The van der Waals surface area contributed by atoms with Crippen LogP contribution in [0.2, 0.25) is 0 Å². The second kappa shape index (κ2) is 8.10. The van der Waals surface area contributed by atoms with Crippen molar-refractivity contribution in [3.8, 4) is 0 Å². The monoisotopic (exact) mass is 338 g/mol. The van der Waals surface area contributed by atoms with Crippen molar-refractivity contribution in [2.24, 2.45) is 0 Å². The molecular formula is C20H26N4O. The fraction of sp³-hybridized carbons (Fsp3) is 0.450. The van der Waals surface area contributed by atoms with E-state index in [-0.39, 0.29) is 11.9 Å². The largest absolute Gasteiger partial charge is 0.348 e. The van der Waals surface area contributed by atoms with Crippen molar-refractivity contribution in [2.45, 2.75) is 58.4 Å². The van der Waals surface area contributed by atoms with E-state index in [1.807, 2.05) is 32.0 Å². The van der Waals surface area contributed by atoms with Gasteiger partial charge in [0.15, 0.2) is 0 Å². The van der Waals surface area contributed by atoms with Crippen LogP contribution in [0.15, 0.2) is 30.5 Å². The Hall–Kier alpha value is -2.43. The minimum atomic E-state index is -0.112. The van der Waals surface area contributed by atoms with Crippen LogP contribution >= 0.6 is 0 Å². The second-order valence-electron chi connectivity index (χ2n) is 6.82. The smallest absolute Gasteiger partial charge is 0.270 e. The highest BCUT2D eigenvalue weighted by molar-refractivity contribution is 5.92. The minimum absolute atomic E-state index is 0.112. The van der Waals surface area contributed by atoms with Gasteiger partial charge in [0, 0.05) is 17.9 Å². The number of aromatic nitrogens is 2. The maximum absolute atomic E-state index is 12.5. The van der Waals surface area contributed by atoms with Gasteiger partial charge in [-0.15, -0.1) is 0 Å². The number of amides is 1. The molecule has 5 nitrogen and oxygen atoms in total. The predicted molar refractivity (Wildman–Crippen MR) is 100 cm³/mol. The average molecular weight is 338 g/mol. The molecule has 1 saturated carbocycles. The van der Waals surface area contributed by atoms with Gasteiger partial charge in [0.1, 0.15) is 5.69 Å². The Morgan fingerprint density at radius 2 is 1.72 bits per heavy atom. The van der Waals surface area contributed by atoms with E-state index in [0.717, 1.165) is 29.7 Å². The average Bonchev–Trinajstić information content (AvgIpc) is 2.87. The fourth-order valence-corrected chi connectivity index (χ4v) is 3.35. The van der Waals surface area contributed by atoms with E-state index in [9.17, 15) is 4.79 Å². The molecule has 1 aliphatic carbocycles. The first kappa shape index (κ1) is 17.4. The van der Waals surface area contributed by atoms with E-state index >= 15 is 0 Å². The third kappa shape index (κ3) is 4.56. The van der Waals surface area contributed by atoms with E-state index < -0.39 is 0 Å². The van der Waals surface area contributed by atoms with E-state index in [0.29, 0.717) is 11.6 Å². The van der Waals surface area contributed by atoms with Crippen molar-refractivity contribution in [1.82, 2.24) is 15.3 Å². The summed E-state index contributed by atoms with van der Waals surface area (Å²) in [5, 5.41) is 6.38. The first-order valence-electron chi connectivity index (χ1n) is 9.10. The summed E-state index contributed by atoms with van der Waals surface area (Å²) in [6, 6.07) is 8.03. The van der Waals surface area contributed by atoms with Gasteiger partial charge in [-0.1, -0.05) is 43.9 Å². The third-order valence-corrected chi connectivity index (χ3v) is 4.80. The molecule has 0 aliphatic heterocycles. The van der Waals surface area contributed by atoms with Gasteiger partial charge < -0.3 is 10.6 Å². The van der Waals surface area contributed by atoms with E-state index in [4.69, 9.17) is 0 Å². The molecule has 1 amide bonds. The van der Waals surface area contributed by atoms with Crippen molar-refractivity contribution in [3.63, 3.8) is 0 Å². The molecule has 0 atom stereocenters. The molecule has 0 radical (unpaired) electrons. The first-order chi connectivity index (χ1) is 12.1. The number of aryl methyl sites for hydroxylation is 2. The SMILES string of the molecule is Cc1cccc(C)c1Nc1nccc(C(=O)NC2CCCCCC2)n1. The highest BCUT2D eigenvalue weighted by Crippen LogP contribution is 2.22. The van der Waals surface area contributed by atoms with Crippen LogP contribution in [-0.4, -0.2) is 21.9 Å². The molecule has 3 rings (SSSR count). The lowest BCUT2D eigenvalue weighted by molar-refractivity contribution is 0.0928. The number of nitrogens with zero attached hydrogens (tertiary/aromatic N) is 2. The quantitative estimate of drug-likeness (QED) is 0.816. The van der Waals surface area contributed by atoms with Gasteiger partial charge in [0.05, 0.1) is 0 Å². The topological polar surface area (TPSA) is 66.9 Å². The lowest BCUT2D eigenvalue weighted by Gasteiger charge is -2.16. The Morgan fingerprint density at radius 1 is 1.04 bits per heavy atom. The van der Waals surface area contributed by atoms with Gasteiger partial charge in [-0.25, -0.2) is 9.97 Å². The summed E-state index contributed by atoms with van der Waals surface area (Å²) in [5.41, 5.74) is 3.64. The number of hydrogen-bond acceptors (Lipinski definition) is 4. The number of rotatable bonds is 4. The Morgan fingerprint density at radius 3 is 2.40 bits per heavy atom. The molecule has 1 aliphatic rings. The molecule has 1 heterocycles. The van der Waals surface area contributed by atoms with Crippen molar-refractivity contribution in [1.29, 1.82) is 0 Å². The number of benzene rings is 1. The van der Waals surface area contributed by atoms with Crippen LogP contribution in [0.3, 0.4) is 0 Å². The number of carbonyl (C=O) groups is 1. The van der Waals surface area contributed by atoms with Gasteiger partial charge in [0.2, 0.25) is 5.95 Å². The molecule has 0 unspecified atom stereocenters. The number of nitrogens with one attached hydrogen (secondary N) is 2. The van der Waals surface area contributed by atoms with Crippen LogP contribution in [0.1, 0.15) is 60.1 Å². The zero-order chi connectivity index (χ0) is 17.6. The molecule has 2 aromatic rings. The van der Waals surface area contributed by atoms with E-state index in [2.05, 4.69) is 20.6 Å². The van der Waals surface area contributed by atoms with Crippen molar-refractivity contribution in [2.75, 3.05) is 5.32 Å². The summed E-state index contributed by atoms with van der Waals surface area (Å²) in [7, 11) is 0. The molecule has 1 fully saturated rings. The third-order valence-electron chi connectivity index (χ3n) is 4.80. The van der Waals surface area contributed by atoms with Gasteiger partial charge >= 0.3 is 0 Å². The van der Waals surface area contributed by atoms with Gasteiger partial charge in [-0.05, 0) is 43.9 Å². The Bertz CT molecular complexity index is 716. The number of hydrogen-bond donors (Lipinski definition) is 2. The van der Waals surface area contributed by atoms with E-state index in [1.165, 1.54) is 25.7 Å². The molecule has 132 valence electrons. The second-order valence-corrected chi connectivity index (χ2v) is 6.82. The van der Waals surface area contributed by atoms with Crippen LogP contribution in [0.5, 0.6) is 0 Å². The van der Waals surface area contributed by atoms with Crippen molar-refractivity contribution in [3.05, 3.63) is 47.3 Å². The molecule has 0 saturated heterocycles. The minimum Gasteiger partial charge on any atom is -0.348 e. The molecular weight excluding hydrogens is 312 g/mol. The first-order valence-corrected chi connectivity index (χ1v) is 9.10. The Kier molecular flexibility index (Phi) is 5.64. The van der Waals surface area contributed by atoms with Gasteiger partial charge in [0.25, 0.3) is 5.91 Å². The van der Waals surface area contributed by atoms with Gasteiger partial charge in [-0.2, -0.15) is 0 Å². The molecule has 25 heavy (non-hydrogen) atoms. The highest BCUT2D eigenvalue weighted by atomic mass is 16.1. The molecule has 1 aromatic carbocycles. The van der Waals surface area contributed by atoms with Crippen molar-refractivity contribution < 1.29 is 4.79 Å². The van der Waals surface area contributed by atoms with Crippen LogP contribution in [-0.2, 0) is 0 Å². The normalized spacial score (nSPS) is 15.4. The summed E-state index contributed by atoms with van der Waals surface area (Å²) in [5.74, 6) is 0.338. The summed E-state index contributed by atoms with van der Waals surface area (Å²) >= 11 is 0. The lowest BCUT2D eigenvalue weighted by atomic mass is 10.1. The van der Waals surface area contributed by atoms with Crippen LogP contribution < -0.4 is 10.6 Å². The van der Waals surface area contributed by atoms with Crippen LogP contribution in [0.25, 0.3) is 0 Å². The summed E-state index contributed by atoms with van der Waals surface area (Å²) in [6.45, 7) is 4.08. The number of para-hydroxylation sites is 1. The van der Waals surface area contributed by atoms with E-state index in [1.54, 1.807) is 12.3 Å². The zero-order valence-electron chi connectivity index (χ0n) is 15.0. The zero-order valence-corrected chi connectivity index (χ0v) is 15.0. The number of carbonyl (C=O) groups excluding carboxylic acids is 1. The van der Waals surface area contributed by atoms with Crippen LogP contribution in [0.4, 0.5) is 11.6 Å². The Balaban J connectivity index is 1.71. The highest BCUT2D eigenvalue weighted by Gasteiger charge is 2.17. The summed E-state index contributed by atoms with van der Waals surface area (Å²) in [4.78, 5) is 21.2. The maximum atomic E-state index is 12.5. The predicted octanol–water partition coefficient (Wildman–Crippen LogP) is 4.29. The van der Waals surface area contributed by atoms with Crippen molar-refractivity contribution >= 4 is 17.5 Å². The summed E-state index contributed by atoms with van der Waals surface area (Å²) in [6.07, 6.45) is 8.66. The molecule has 0 spiro atoms. The molecule has 0 bridgehead atoms. The fourth-order valence-electron chi connectivity index (χ4n) is 3.35. The molecule has 2 N–H and O–H groups in total. The Labute approximate surface area is 149 Å². The molecule has 1 aromatic heterocycles. The standard InChI is InChI=1S/C20H26N4O/c1-14-8-7-9-15(2)18(14)24-20-21-13-12-17(23-20)19(25)22-16-10-5-3-4-6-11-16/h7-9,12-13,16H,3-6,10-11H2,1-2H3,(H,22,25)(H,21,23,24). The van der Waals surface area contributed by atoms with Crippen LogP contribution in [0, 0.1) is 13.8 Å². The van der Waals surface area contributed by atoms with Gasteiger partial charge in [-0.3, -0.25) is 4.79 Å². The number of anilines is 2. The summed E-state index contributed by atoms with van der Waals surface area (Å²) < 4.78 is 0. The molecule has 5 heteroatoms. The maximum Gasteiger partial charge on any atom is 0.270 e. The lowest BCUT2D eigenvalue weighted by Crippen LogP contribution is -2.35.